The Morgan fingerprint density at radius 2 is 1.95 bits per heavy atom. The molecule has 21 heavy (non-hydrogen) atoms. The van der Waals surface area contributed by atoms with E-state index in [1.54, 1.807) is 4.90 Å². The van der Waals surface area contributed by atoms with Gasteiger partial charge in [0.05, 0.1) is 6.04 Å². The van der Waals surface area contributed by atoms with Gasteiger partial charge in [0.1, 0.15) is 0 Å². The van der Waals surface area contributed by atoms with Crippen LogP contribution < -0.4 is 5.32 Å². The number of halogens is 1. The van der Waals surface area contributed by atoms with Crippen LogP contribution in [-0.4, -0.2) is 23.3 Å². The van der Waals surface area contributed by atoms with Crippen LogP contribution in [0.15, 0.2) is 40.0 Å². The number of amides is 2. The lowest BCUT2D eigenvalue weighted by Gasteiger charge is -2.38. The van der Waals surface area contributed by atoms with Crippen molar-refractivity contribution in [1.82, 2.24) is 10.2 Å². The second-order valence-corrected chi connectivity index (χ2v) is 6.23. The molecule has 0 aromatic heterocycles. The lowest BCUT2D eigenvalue weighted by molar-refractivity contribution is -0.116. The van der Waals surface area contributed by atoms with Gasteiger partial charge in [0.15, 0.2) is 5.78 Å². The Bertz CT molecular complexity index is 622. The average molecular weight is 349 g/mol. The minimum Gasteiger partial charge on any atom is -0.327 e. The van der Waals surface area contributed by atoms with Crippen molar-refractivity contribution in [1.29, 1.82) is 0 Å². The van der Waals surface area contributed by atoms with Gasteiger partial charge in [-0.3, -0.25) is 9.69 Å². The van der Waals surface area contributed by atoms with Crippen molar-refractivity contribution in [2.24, 2.45) is 0 Å². The van der Waals surface area contributed by atoms with Crippen LogP contribution in [0.2, 0.25) is 0 Å². The first-order chi connectivity index (χ1) is 10.1. The Morgan fingerprint density at radius 1 is 1.24 bits per heavy atom. The maximum Gasteiger partial charge on any atom is 0.322 e. The topological polar surface area (TPSA) is 49.4 Å². The first-order valence-corrected chi connectivity index (χ1v) is 8.01. The molecule has 1 heterocycles. The van der Waals surface area contributed by atoms with Crippen LogP contribution in [0.25, 0.3) is 0 Å². The van der Waals surface area contributed by atoms with Gasteiger partial charge in [-0.2, -0.15) is 0 Å². The monoisotopic (exact) mass is 348 g/mol. The minimum atomic E-state index is -0.323. The summed E-state index contributed by atoms with van der Waals surface area (Å²) in [6, 6.07) is 7.32. The van der Waals surface area contributed by atoms with E-state index in [0.717, 1.165) is 34.1 Å². The molecular weight excluding hydrogens is 332 g/mol. The van der Waals surface area contributed by atoms with Gasteiger partial charge in [-0.25, -0.2) is 4.79 Å². The molecule has 3 rings (SSSR count). The second kappa shape index (κ2) is 5.64. The van der Waals surface area contributed by atoms with Crippen molar-refractivity contribution in [3.05, 3.63) is 45.6 Å². The number of benzene rings is 1. The van der Waals surface area contributed by atoms with Gasteiger partial charge in [-0.05, 0) is 37.5 Å². The van der Waals surface area contributed by atoms with Gasteiger partial charge in [0, 0.05) is 28.7 Å². The number of hydrogen-bond donors (Lipinski definition) is 1. The first kappa shape index (κ1) is 14.3. The Hall–Kier alpha value is -1.62. The van der Waals surface area contributed by atoms with Crippen molar-refractivity contribution in [3.63, 3.8) is 0 Å². The first-order valence-electron chi connectivity index (χ1n) is 7.21. The van der Waals surface area contributed by atoms with Crippen molar-refractivity contribution in [2.75, 3.05) is 6.54 Å². The number of allylic oxidation sites excluding steroid dienone is 1. The molecule has 0 radical (unpaired) electrons. The van der Waals surface area contributed by atoms with E-state index >= 15 is 0 Å². The van der Waals surface area contributed by atoms with Gasteiger partial charge in [-0.1, -0.05) is 28.1 Å². The number of carbonyl (C=O) groups is 2. The largest absolute Gasteiger partial charge is 0.327 e. The summed E-state index contributed by atoms with van der Waals surface area (Å²) in [4.78, 5) is 26.4. The highest BCUT2D eigenvalue weighted by Crippen LogP contribution is 2.37. The molecule has 110 valence electrons. The zero-order valence-corrected chi connectivity index (χ0v) is 13.4. The summed E-state index contributed by atoms with van der Waals surface area (Å²) >= 11 is 3.41. The number of ketones is 1. The van der Waals surface area contributed by atoms with Gasteiger partial charge in [-0.15, -0.1) is 0 Å². The van der Waals surface area contributed by atoms with Crippen LogP contribution in [0.5, 0.6) is 0 Å². The van der Waals surface area contributed by atoms with Gasteiger partial charge in [0.25, 0.3) is 0 Å². The van der Waals surface area contributed by atoms with Crippen molar-refractivity contribution < 1.29 is 9.59 Å². The maximum absolute atomic E-state index is 12.4. The van der Waals surface area contributed by atoms with Crippen LogP contribution >= 0.6 is 15.9 Å². The Labute approximate surface area is 132 Å². The van der Waals surface area contributed by atoms with E-state index in [9.17, 15) is 9.59 Å². The standard InChI is InChI=1S/C16H17BrN2O2/c1-2-19-12-4-3-5-13(20)14(12)15(18-16(19)21)10-6-8-11(17)9-7-10/h6-9,15H,2-5H2,1H3,(H,18,21)/t15-/m0/s1. The summed E-state index contributed by atoms with van der Waals surface area (Å²) in [5, 5.41) is 2.98. The third-order valence-electron chi connectivity index (χ3n) is 4.08. The number of nitrogens with zero attached hydrogens (tertiary/aromatic N) is 1. The highest BCUT2D eigenvalue weighted by molar-refractivity contribution is 9.10. The summed E-state index contributed by atoms with van der Waals surface area (Å²) in [6.07, 6.45) is 2.20. The molecule has 0 saturated heterocycles. The van der Waals surface area contributed by atoms with E-state index in [0.29, 0.717) is 13.0 Å². The number of rotatable bonds is 2. The van der Waals surface area contributed by atoms with Gasteiger partial charge >= 0.3 is 6.03 Å². The fourth-order valence-corrected chi connectivity index (χ4v) is 3.35. The highest BCUT2D eigenvalue weighted by atomic mass is 79.9. The lowest BCUT2D eigenvalue weighted by Crippen LogP contribution is -2.49. The molecule has 0 fully saturated rings. The maximum atomic E-state index is 12.4. The smallest absolute Gasteiger partial charge is 0.322 e. The molecule has 1 atom stereocenters. The molecule has 0 spiro atoms. The third kappa shape index (κ3) is 2.50. The average Bonchev–Trinajstić information content (AvgIpc) is 2.47. The van der Waals surface area contributed by atoms with E-state index in [1.165, 1.54) is 0 Å². The molecule has 1 aromatic carbocycles. The molecule has 4 nitrogen and oxygen atoms in total. The minimum absolute atomic E-state index is 0.112. The summed E-state index contributed by atoms with van der Waals surface area (Å²) in [5.41, 5.74) is 2.63. The Kier molecular flexibility index (Phi) is 3.85. The number of hydrogen-bond acceptors (Lipinski definition) is 2. The SMILES string of the molecule is CCN1C(=O)N[C@@H](c2ccc(Br)cc2)C2=C1CCCC2=O. The molecule has 1 N–H and O–H groups in total. The van der Waals surface area contributed by atoms with Gasteiger partial charge < -0.3 is 5.32 Å². The summed E-state index contributed by atoms with van der Waals surface area (Å²) < 4.78 is 0.979. The number of nitrogens with one attached hydrogen (secondary N) is 1. The van der Waals surface area contributed by atoms with Gasteiger partial charge in [0.2, 0.25) is 0 Å². The van der Waals surface area contributed by atoms with E-state index < -0.39 is 0 Å². The fraction of sp³-hybridized carbons (Fsp3) is 0.375. The van der Waals surface area contributed by atoms with Crippen molar-refractivity contribution in [2.45, 2.75) is 32.2 Å². The normalized spacial score (nSPS) is 22.2. The number of Topliss-reactive ketones (excluding diaryl/α,β-unsaturated/α-hetero) is 1. The Morgan fingerprint density at radius 3 is 2.62 bits per heavy atom. The third-order valence-corrected chi connectivity index (χ3v) is 4.60. The van der Waals surface area contributed by atoms with Crippen LogP contribution in [0.1, 0.15) is 37.8 Å². The number of urea groups is 1. The number of carbonyl (C=O) groups excluding carboxylic acids is 2. The van der Waals surface area contributed by atoms with Crippen LogP contribution in [0.3, 0.4) is 0 Å². The van der Waals surface area contributed by atoms with E-state index in [2.05, 4.69) is 21.2 Å². The zero-order chi connectivity index (χ0) is 15.0. The molecule has 1 aliphatic heterocycles. The second-order valence-electron chi connectivity index (χ2n) is 5.32. The molecule has 2 amide bonds. The predicted octanol–water partition coefficient (Wildman–Crippen LogP) is 3.54. The molecule has 0 saturated carbocycles. The van der Waals surface area contributed by atoms with E-state index in [-0.39, 0.29) is 17.9 Å². The van der Waals surface area contributed by atoms with Crippen LogP contribution in [0.4, 0.5) is 4.79 Å². The zero-order valence-electron chi connectivity index (χ0n) is 11.9. The summed E-state index contributed by atoms with van der Waals surface area (Å²) in [6.45, 7) is 2.52. The molecule has 0 bridgehead atoms. The van der Waals surface area contributed by atoms with E-state index in [1.807, 2.05) is 31.2 Å². The highest BCUT2D eigenvalue weighted by Gasteiger charge is 2.37. The lowest BCUT2D eigenvalue weighted by atomic mass is 9.85. The molecular formula is C16H17BrN2O2. The molecule has 1 aromatic rings. The van der Waals surface area contributed by atoms with Crippen LogP contribution in [-0.2, 0) is 4.79 Å². The fourth-order valence-electron chi connectivity index (χ4n) is 3.09. The molecule has 1 aliphatic carbocycles. The van der Waals surface area contributed by atoms with E-state index in [4.69, 9.17) is 0 Å². The molecule has 2 aliphatic rings. The predicted molar refractivity (Wildman–Crippen MR) is 83.7 cm³/mol. The Balaban J connectivity index is 2.09. The summed E-state index contributed by atoms with van der Waals surface area (Å²) in [5.74, 6) is 0.155. The van der Waals surface area contributed by atoms with Crippen molar-refractivity contribution in [3.8, 4) is 0 Å². The molecule has 5 heteroatoms. The summed E-state index contributed by atoms with van der Waals surface area (Å²) in [7, 11) is 0. The quantitative estimate of drug-likeness (QED) is 0.888. The van der Waals surface area contributed by atoms with Crippen LogP contribution in [0, 0.1) is 0 Å². The molecule has 0 unspecified atom stereocenters. The van der Waals surface area contributed by atoms with Crippen molar-refractivity contribution >= 4 is 27.7 Å².